The number of fused-ring (bicyclic) bond motifs is 1. The van der Waals surface area contributed by atoms with Crippen molar-refractivity contribution in [2.45, 2.75) is 44.4 Å². The first-order valence-electron chi connectivity index (χ1n) is 8.85. The minimum absolute atomic E-state index is 0.0455. The van der Waals surface area contributed by atoms with Crippen LogP contribution in [0.25, 0.3) is 10.9 Å². The monoisotopic (exact) mass is 397 g/mol. The molecule has 3 rings (SSSR count). The molecule has 0 radical (unpaired) electrons. The summed E-state index contributed by atoms with van der Waals surface area (Å²) in [5.74, 6) is -0.330. The van der Waals surface area contributed by atoms with Crippen molar-refractivity contribution in [3.8, 4) is 5.75 Å². The Hall–Kier alpha value is -1.99. The second-order valence-corrected chi connectivity index (χ2v) is 7.43. The summed E-state index contributed by atoms with van der Waals surface area (Å²) in [7, 11) is 4.15. The average Bonchev–Trinajstić information content (AvgIpc) is 2.62. The number of hydrogen-bond donors (Lipinski definition) is 1. The molecule has 1 heterocycles. The van der Waals surface area contributed by atoms with E-state index in [-0.39, 0.29) is 22.7 Å². The zero-order valence-electron chi connectivity index (χ0n) is 15.2. The number of halogens is 3. The first-order chi connectivity index (χ1) is 12.8. The number of ether oxygens (including phenoxy) is 1. The van der Waals surface area contributed by atoms with Gasteiger partial charge in [0.05, 0.1) is 16.1 Å². The van der Waals surface area contributed by atoms with Crippen molar-refractivity contribution >= 4 is 28.4 Å². The molecule has 8 heteroatoms. The number of alkyl halides is 2. The number of carbonyl (C=O) groups excluding carboxylic acids is 1. The molecule has 2 aromatic rings. The lowest BCUT2D eigenvalue weighted by atomic mass is 9.90. The maximum atomic E-state index is 12.6. The van der Waals surface area contributed by atoms with Gasteiger partial charge in [-0.2, -0.15) is 8.78 Å². The molecule has 146 valence electrons. The van der Waals surface area contributed by atoms with Crippen LogP contribution in [0.4, 0.5) is 8.78 Å². The van der Waals surface area contributed by atoms with Crippen molar-refractivity contribution in [1.82, 2.24) is 15.2 Å². The van der Waals surface area contributed by atoms with Gasteiger partial charge in [-0.15, -0.1) is 0 Å². The Balaban J connectivity index is 1.70. The number of pyridine rings is 1. The van der Waals surface area contributed by atoms with Crippen LogP contribution >= 0.6 is 11.6 Å². The van der Waals surface area contributed by atoms with E-state index in [4.69, 9.17) is 11.6 Å². The zero-order chi connectivity index (χ0) is 19.6. The Bertz CT molecular complexity index is 824. The summed E-state index contributed by atoms with van der Waals surface area (Å²) in [6.07, 6.45) is 5.42. The number of nitrogens with zero attached hydrogens (tertiary/aromatic N) is 2. The molecular weight excluding hydrogens is 376 g/mol. The predicted molar refractivity (Wildman–Crippen MR) is 101 cm³/mol. The Morgan fingerprint density at radius 3 is 2.59 bits per heavy atom. The summed E-state index contributed by atoms with van der Waals surface area (Å²) >= 11 is 5.98. The molecule has 0 saturated heterocycles. The highest BCUT2D eigenvalue weighted by molar-refractivity contribution is 6.32. The topological polar surface area (TPSA) is 54.5 Å². The van der Waals surface area contributed by atoms with Crippen LogP contribution in [0, 0.1) is 0 Å². The molecule has 0 atom stereocenters. The maximum Gasteiger partial charge on any atom is 0.387 e. The van der Waals surface area contributed by atoms with E-state index in [0.29, 0.717) is 22.5 Å². The van der Waals surface area contributed by atoms with Gasteiger partial charge in [0, 0.05) is 29.7 Å². The van der Waals surface area contributed by atoms with Gasteiger partial charge in [0.2, 0.25) is 0 Å². The SMILES string of the molecule is CN(C)[C@H]1CC[C@H](NC(=O)c2cnc3cc(OC(F)F)c(Cl)cc3c2)CC1. The molecule has 1 N–H and O–H groups in total. The summed E-state index contributed by atoms with van der Waals surface area (Å²) in [5, 5.41) is 3.69. The number of benzene rings is 1. The van der Waals surface area contributed by atoms with Gasteiger partial charge in [0.25, 0.3) is 5.91 Å². The number of amides is 1. The molecule has 27 heavy (non-hydrogen) atoms. The fourth-order valence-electron chi connectivity index (χ4n) is 3.45. The molecule has 1 amide bonds. The van der Waals surface area contributed by atoms with Gasteiger partial charge in [-0.05, 0) is 51.9 Å². The number of hydrogen-bond acceptors (Lipinski definition) is 4. The fourth-order valence-corrected chi connectivity index (χ4v) is 3.66. The van der Waals surface area contributed by atoms with Gasteiger partial charge >= 0.3 is 6.61 Å². The molecule has 1 fully saturated rings. The molecular formula is C19H22ClF2N3O2. The normalized spacial score (nSPS) is 20.3. The second-order valence-electron chi connectivity index (χ2n) is 7.02. The number of carbonyl (C=O) groups is 1. The number of aromatic nitrogens is 1. The third kappa shape index (κ3) is 4.84. The molecule has 1 aromatic carbocycles. The highest BCUT2D eigenvalue weighted by Crippen LogP contribution is 2.31. The minimum Gasteiger partial charge on any atom is -0.433 e. The first kappa shape index (κ1) is 19.8. The van der Waals surface area contributed by atoms with Gasteiger partial charge in [0.1, 0.15) is 5.75 Å². The highest BCUT2D eigenvalue weighted by Gasteiger charge is 2.24. The molecule has 1 aliphatic rings. The lowest BCUT2D eigenvalue weighted by molar-refractivity contribution is -0.0497. The van der Waals surface area contributed by atoms with Crippen molar-refractivity contribution in [2.75, 3.05) is 14.1 Å². The van der Waals surface area contributed by atoms with Crippen LogP contribution in [0.1, 0.15) is 36.0 Å². The van der Waals surface area contributed by atoms with E-state index >= 15 is 0 Å². The third-order valence-electron chi connectivity index (χ3n) is 4.98. The largest absolute Gasteiger partial charge is 0.433 e. The smallest absolute Gasteiger partial charge is 0.387 e. The van der Waals surface area contributed by atoms with Crippen LogP contribution in [-0.4, -0.2) is 48.6 Å². The lowest BCUT2D eigenvalue weighted by Gasteiger charge is -2.32. The quantitative estimate of drug-likeness (QED) is 0.825. The van der Waals surface area contributed by atoms with Crippen molar-refractivity contribution in [1.29, 1.82) is 0 Å². The van der Waals surface area contributed by atoms with E-state index in [1.54, 1.807) is 6.07 Å². The van der Waals surface area contributed by atoms with Crippen LogP contribution in [0.5, 0.6) is 5.75 Å². The Labute approximate surface area is 161 Å². The standard InChI is InChI=1S/C19H22ClF2N3O2/c1-25(2)14-5-3-13(4-6-14)24-18(26)12-7-11-8-15(20)17(27-19(21)22)9-16(11)23-10-12/h7-10,13-14,19H,3-6H2,1-2H3,(H,24,26)/t13-,14-. The summed E-state index contributed by atoms with van der Waals surface area (Å²) in [6, 6.07) is 5.18. The van der Waals surface area contributed by atoms with Gasteiger partial charge < -0.3 is 15.0 Å². The number of rotatable bonds is 5. The third-order valence-corrected chi connectivity index (χ3v) is 5.27. The van der Waals surface area contributed by atoms with Gasteiger partial charge in [-0.3, -0.25) is 9.78 Å². The zero-order valence-corrected chi connectivity index (χ0v) is 16.0. The lowest BCUT2D eigenvalue weighted by Crippen LogP contribution is -2.41. The van der Waals surface area contributed by atoms with Crippen LogP contribution < -0.4 is 10.1 Å². The van der Waals surface area contributed by atoms with Crippen LogP contribution in [-0.2, 0) is 0 Å². The Kier molecular flexibility index (Phi) is 6.11. The maximum absolute atomic E-state index is 12.6. The molecule has 0 aliphatic heterocycles. The van der Waals surface area contributed by atoms with Gasteiger partial charge in [0.15, 0.2) is 0 Å². The molecule has 1 aromatic heterocycles. The number of nitrogens with one attached hydrogen (secondary N) is 1. The fraction of sp³-hybridized carbons (Fsp3) is 0.474. The molecule has 0 spiro atoms. The summed E-state index contributed by atoms with van der Waals surface area (Å²) in [6.45, 7) is -2.97. The Morgan fingerprint density at radius 2 is 1.96 bits per heavy atom. The van der Waals surface area contributed by atoms with Crippen molar-refractivity contribution < 1.29 is 18.3 Å². The van der Waals surface area contributed by atoms with E-state index in [9.17, 15) is 13.6 Å². The van der Waals surface area contributed by atoms with Crippen LogP contribution in [0.15, 0.2) is 24.4 Å². The van der Waals surface area contributed by atoms with E-state index in [2.05, 4.69) is 34.0 Å². The summed E-state index contributed by atoms with van der Waals surface area (Å²) in [5.41, 5.74) is 0.842. The molecule has 0 unspecified atom stereocenters. The van der Waals surface area contributed by atoms with E-state index < -0.39 is 6.61 Å². The minimum atomic E-state index is -2.97. The molecule has 0 bridgehead atoms. The summed E-state index contributed by atoms with van der Waals surface area (Å²) in [4.78, 5) is 19.0. The average molecular weight is 398 g/mol. The molecule has 1 saturated carbocycles. The van der Waals surface area contributed by atoms with E-state index in [0.717, 1.165) is 25.7 Å². The van der Waals surface area contributed by atoms with Crippen molar-refractivity contribution in [3.63, 3.8) is 0 Å². The van der Waals surface area contributed by atoms with Gasteiger partial charge in [-0.25, -0.2) is 0 Å². The van der Waals surface area contributed by atoms with Gasteiger partial charge in [-0.1, -0.05) is 11.6 Å². The first-order valence-corrected chi connectivity index (χ1v) is 9.22. The second kappa shape index (κ2) is 8.35. The van der Waals surface area contributed by atoms with E-state index in [1.807, 2.05) is 0 Å². The molecule has 5 nitrogen and oxygen atoms in total. The van der Waals surface area contributed by atoms with Crippen molar-refractivity contribution in [2.24, 2.45) is 0 Å². The Morgan fingerprint density at radius 1 is 1.26 bits per heavy atom. The van der Waals surface area contributed by atoms with Crippen LogP contribution in [0.2, 0.25) is 5.02 Å². The van der Waals surface area contributed by atoms with E-state index in [1.165, 1.54) is 18.3 Å². The van der Waals surface area contributed by atoms with Crippen molar-refractivity contribution in [3.05, 3.63) is 35.0 Å². The predicted octanol–water partition coefficient (Wildman–Crippen LogP) is 4.09. The molecule has 1 aliphatic carbocycles. The van der Waals surface area contributed by atoms with Crippen LogP contribution in [0.3, 0.4) is 0 Å². The highest BCUT2D eigenvalue weighted by atomic mass is 35.5. The summed E-state index contributed by atoms with van der Waals surface area (Å²) < 4.78 is 29.2.